The average Bonchev–Trinajstić information content (AvgIpc) is 3.12. The Bertz CT molecular complexity index is 1310. The Morgan fingerprint density at radius 3 is 2.44 bits per heavy atom. The van der Waals surface area contributed by atoms with Crippen LogP contribution in [0.4, 0.5) is 5.82 Å². The first-order valence-corrected chi connectivity index (χ1v) is 12.0. The summed E-state index contributed by atoms with van der Waals surface area (Å²) in [5, 5.41) is 2.12. The number of nitrogens with zero attached hydrogens (tertiary/aromatic N) is 4. The summed E-state index contributed by atoms with van der Waals surface area (Å²) in [4.78, 5) is 27.4. The first-order valence-electron chi connectivity index (χ1n) is 12.0. The molecule has 0 saturated carbocycles. The number of hydrogen-bond donors (Lipinski definition) is 0. The molecule has 0 unspecified atom stereocenters. The molecule has 5 rings (SSSR count). The molecule has 1 aliphatic rings. The molecule has 1 saturated heterocycles. The topological polar surface area (TPSA) is 49.3 Å². The van der Waals surface area contributed by atoms with E-state index in [1.165, 1.54) is 11.1 Å². The van der Waals surface area contributed by atoms with Crippen LogP contribution in [0.25, 0.3) is 10.8 Å². The number of fused-ring (bicyclic) bond motifs is 1. The second-order valence-electron chi connectivity index (χ2n) is 8.98. The lowest BCUT2D eigenvalue weighted by Gasteiger charge is -2.26. The highest BCUT2D eigenvalue weighted by molar-refractivity contribution is 6.07. The van der Waals surface area contributed by atoms with Crippen molar-refractivity contribution in [1.82, 2.24) is 14.9 Å². The SMILES string of the molecule is Cc1nc(C)c(Cc2ccccc2)c(N2CCCN(C(=O)c3cccc4ccccc34)CC2)n1. The quantitative estimate of drug-likeness (QED) is 0.429. The third-order valence-electron chi connectivity index (χ3n) is 6.63. The zero-order chi connectivity index (χ0) is 23.5. The van der Waals surface area contributed by atoms with Crippen molar-refractivity contribution in [3.63, 3.8) is 0 Å². The molecule has 5 heteroatoms. The smallest absolute Gasteiger partial charge is 0.254 e. The Hall–Kier alpha value is -3.73. The lowest BCUT2D eigenvalue weighted by atomic mass is 10.0. The van der Waals surface area contributed by atoms with Crippen molar-refractivity contribution in [2.24, 2.45) is 0 Å². The Labute approximate surface area is 201 Å². The number of amides is 1. The molecule has 2 heterocycles. The Kier molecular flexibility index (Phi) is 6.26. The van der Waals surface area contributed by atoms with Crippen molar-refractivity contribution in [2.75, 3.05) is 31.1 Å². The Balaban J connectivity index is 1.39. The van der Waals surface area contributed by atoms with E-state index in [0.717, 1.165) is 66.1 Å². The molecule has 0 aliphatic carbocycles. The molecule has 0 spiro atoms. The molecule has 172 valence electrons. The van der Waals surface area contributed by atoms with Crippen LogP contribution in [-0.4, -0.2) is 47.0 Å². The van der Waals surface area contributed by atoms with E-state index in [-0.39, 0.29) is 5.91 Å². The summed E-state index contributed by atoms with van der Waals surface area (Å²) >= 11 is 0. The van der Waals surface area contributed by atoms with Gasteiger partial charge in [-0.15, -0.1) is 0 Å². The summed E-state index contributed by atoms with van der Waals surface area (Å²) in [5.41, 5.74) is 4.23. The van der Waals surface area contributed by atoms with Gasteiger partial charge in [0.15, 0.2) is 0 Å². The highest BCUT2D eigenvalue weighted by atomic mass is 16.2. The molecule has 1 fully saturated rings. The third kappa shape index (κ3) is 4.51. The van der Waals surface area contributed by atoms with Gasteiger partial charge in [0.1, 0.15) is 11.6 Å². The number of benzene rings is 3. The third-order valence-corrected chi connectivity index (χ3v) is 6.63. The van der Waals surface area contributed by atoms with Gasteiger partial charge in [0.05, 0.1) is 0 Å². The second-order valence-corrected chi connectivity index (χ2v) is 8.98. The fourth-order valence-electron chi connectivity index (χ4n) is 4.90. The van der Waals surface area contributed by atoms with E-state index in [4.69, 9.17) is 4.98 Å². The number of anilines is 1. The molecule has 0 bridgehead atoms. The number of hydrogen-bond acceptors (Lipinski definition) is 4. The molecule has 0 atom stereocenters. The van der Waals surface area contributed by atoms with Gasteiger partial charge in [-0.05, 0) is 42.7 Å². The number of aromatic nitrogens is 2. The summed E-state index contributed by atoms with van der Waals surface area (Å²) < 4.78 is 0. The minimum absolute atomic E-state index is 0.109. The van der Waals surface area contributed by atoms with Crippen LogP contribution in [0.2, 0.25) is 0 Å². The van der Waals surface area contributed by atoms with Gasteiger partial charge in [0.25, 0.3) is 5.91 Å². The summed E-state index contributed by atoms with van der Waals surface area (Å²) in [7, 11) is 0. The first kappa shape index (κ1) is 22.1. The fourth-order valence-corrected chi connectivity index (χ4v) is 4.90. The van der Waals surface area contributed by atoms with Crippen LogP contribution >= 0.6 is 0 Å². The van der Waals surface area contributed by atoms with Crippen LogP contribution in [0.3, 0.4) is 0 Å². The molecule has 1 aliphatic heterocycles. The van der Waals surface area contributed by atoms with E-state index in [9.17, 15) is 4.79 Å². The van der Waals surface area contributed by atoms with Crippen molar-refractivity contribution in [3.8, 4) is 0 Å². The first-order chi connectivity index (χ1) is 16.6. The number of carbonyl (C=O) groups excluding carboxylic acids is 1. The normalized spacial score (nSPS) is 14.3. The lowest BCUT2D eigenvalue weighted by Crippen LogP contribution is -2.36. The van der Waals surface area contributed by atoms with Crippen LogP contribution in [0.1, 0.15) is 39.4 Å². The highest BCUT2D eigenvalue weighted by Gasteiger charge is 2.24. The van der Waals surface area contributed by atoms with Crippen LogP contribution in [-0.2, 0) is 6.42 Å². The van der Waals surface area contributed by atoms with Gasteiger partial charge < -0.3 is 9.80 Å². The Morgan fingerprint density at radius 1 is 0.824 bits per heavy atom. The van der Waals surface area contributed by atoms with Crippen molar-refractivity contribution in [2.45, 2.75) is 26.7 Å². The average molecular weight is 451 g/mol. The minimum Gasteiger partial charge on any atom is -0.354 e. The van der Waals surface area contributed by atoms with Gasteiger partial charge in [-0.2, -0.15) is 0 Å². The molecule has 1 amide bonds. The van der Waals surface area contributed by atoms with Gasteiger partial charge in [-0.25, -0.2) is 9.97 Å². The van der Waals surface area contributed by atoms with Gasteiger partial charge >= 0.3 is 0 Å². The Morgan fingerprint density at radius 2 is 1.59 bits per heavy atom. The summed E-state index contributed by atoms with van der Waals surface area (Å²) in [6, 6.07) is 24.6. The summed E-state index contributed by atoms with van der Waals surface area (Å²) in [6.45, 7) is 7.08. The molecule has 3 aromatic carbocycles. The van der Waals surface area contributed by atoms with E-state index < -0.39 is 0 Å². The second kappa shape index (κ2) is 9.64. The molecule has 34 heavy (non-hydrogen) atoms. The predicted molar refractivity (Wildman–Crippen MR) is 137 cm³/mol. The van der Waals surface area contributed by atoms with Gasteiger partial charge in [-0.1, -0.05) is 66.7 Å². The summed E-state index contributed by atoms with van der Waals surface area (Å²) in [6.07, 6.45) is 1.71. The van der Waals surface area contributed by atoms with Gasteiger partial charge in [0, 0.05) is 49.4 Å². The van der Waals surface area contributed by atoms with E-state index in [0.29, 0.717) is 6.54 Å². The maximum Gasteiger partial charge on any atom is 0.254 e. The van der Waals surface area contributed by atoms with Crippen molar-refractivity contribution < 1.29 is 4.79 Å². The monoisotopic (exact) mass is 450 g/mol. The summed E-state index contributed by atoms with van der Waals surface area (Å²) in [5.74, 6) is 1.91. The fraction of sp³-hybridized carbons (Fsp3) is 0.276. The molecule has 0 radical (unpaired) electrons. The highest BCUT2D eigenvalue weighted by Crippen LogP contribution is 2.26. The molecule has 0 N–H and O–H groups in total. The zero-order valence-electron chi connectivity index (χ0n) is 19.9. The molecule has 4 aromatic rings. The van der Waals surface area contributed by atoms with Crippen LogP contribution in [0, 0.1) is 13.8 Å². The van der Waals surface area contributed by atoms with E-state index in [1.807, 2.05) is 48.2 Å². The van der Waals surface area contributed by atoms with E-state index >= 15 is 0 Å². The van der Waals surface area contributed by atoms with E-state index in [1.54, 1.807) is 0 Å². The van der Waals surface area contributed by atoms with Crippen LogP contribution in [0.5, 0.6) is 0 Å². The van der Waals surface area contributed by atoms with Crippen LogP contribution in [0.15, 0.2) is 72.8 Å². The number of aryl methyl sites for hydroxylation is 2. The van der Waals surface area contributed by atoms with E-state index in [2.05, 4.69) is 53.2 Å². The zero-order valence-corrected chi connectivity index (χ0v) is 19.9. The molecular formula is C29H30N4O. The largest absolute Gasteiger partial charge is 0.354 e. The minimum atomic E-state index is 0.109. The van der Waals surface area contributed by atoms with Crippen LogP contribution < -0.4 is 4.90 Å². The van der Waals surface area contributed by atoms with Gasteiger partial charge in [-0.3, -0.25) is 4.79 Å². The standard InChI is InChI=1S/C29H30N4O/c1-21-27(20-23-10-4-3-5-11-23)28(31-22(2)30-21)32-16-9-17-33(19-18-32)29(34)26-15-8-13-24-12-6-7-14-25(24)26/h3-8,10-15H,9,16-20H2,1-2H3. The maximum atomic E-state index is 13.5. The molecular weight excluding hydrogens is 420 g/mol. The predicted octanol–water partition coefficient (Wildman–Crippen LogP) is 5.19. The number of carbonyl (C=O) groups is 1. The van der Waals surface area contributed by atoms with Crippen molar-refractivity contribution >= 4 is 22.5 Å². The van der Waals surface area contributed by atoms with Gasteiger partial charge in [0.2, 0.25) is 0 Å². The maximum absolute atomic E-state index is 13.5. The van der Waals surface area contributed by atoms with Crippen molar-refractivity contribution in [3.05, 3.63) is 101 Å². The van der Waals surface area contributed by atoms with Crippen molar-refractivity contribution in [1.29, 1.82) is 0 Å². The lowest BCUT2D eigenvalue weighted by molar-refractivity contribution is 0.0769. The molecule has 1 aromatic heterocycles. The number of rotatable bonds is 4. The molecule has 5 nitrogen and oxygen atoms in total.